The molecule has 0 spiro atoms. The Hall–Kier alpha value is -4.66. The van der Waals surface area contributed by atoms with E-state index in [0.29, 0.717) is 29.2 Å². The molecule has 9 heteroatoms. The van der Waals surface area contributed by atoms with Crippen molar-refractivity contribution in [2.24, 2.45) is 0 Å². The Morgan fingerprint density at radius 1 is 0.971 bits per heavy atom. The topological polar surface area (TPSA) is 105 Å². The minimum absolute atomic E-state index is 0.0161. The molecule has 0 saturated carbocycles. The molecule has 0 aromatic heterocycles. The van der Waals surface area contributed by atoms with Crippen molar-refractivity contribution in [1.82, 2.24) is 5.32 Å². The summed E-state index contributed by atoms with van der Waals surface area (Å²) in [6.45, 7) is 2.08. The Morgan fingerprint density at radius 2 is 1.71 bits per heavy atom. The van der Waals surface area contributed by atoms with Crippen molar-refractivity contribution < 1.29 is 33.4 Å². The van der Waals surface area contributed by atoms with Crippen LogP contribution in [0.3, 0.4) is 0 Å². The minimum Gasteiger partial charge on any atom is -0.508 e. The molecular formula is C26H21FN2O6. The number of hydrogen-bond donors (Lipinski definition) is 2. The number of carbonyl (C=O) groups excluding carboxylic acids is 3. The number of nitrogens with zero attached hydrogens (tertiary/aromatic N) is 1. The lowest BCUT2D eigenvalue weighted by Crippen LogP contribution is -2.54. The quantitative estimate of drug-likeness (QED) is 0.392. The van der Waals surface area contributed by atoms with Crippen molar-refractivity contribution in [3.05, 3.63) is 89.2 Å². The van der Waals surface area contributed by atoms with Crippen LogP contribution in [-0.4, -0.2) is 29.6 Å². The Morgan fingerprint density at radius 3 is 2.43 bits per heavy atom. The summed E-state index contributed by atoms with van der Waals surface area (Å²) in [6.07, 6.45) is 1.33. The maximum atomic E-state index is 13.9. The second-order valence-electron chi connectivity index (χ2n) is 7.49. The Kier molecular flexibility index (Phi) is 6.77. The lowest BCUT2D eigenvalue weighted by atomic mass is 10.1. The van der Waals surface area contributed by atoms with Gasteiger partial charge < -0.3 is 14.6 Å². The fourth-order valence-electron chi connectivity index (χ4n) is 3.43. The number of benzene rings is 3. The third-order valence-electron chi connectivity index (χ3n) is 5.13. The molecule has 8 nitrogen and oxygen atoms in total. The number of ether oxygens (including phenoxy) is 2. The number of halogens is 1. The van der Waals surface area contributed by atoms with Crippen LogP contribution in [0.4, 0.5) is 14.9 Å². The molecule has 4 amide bonds. The molecule has 1 heterocycles. The average molecular weight is 476 g/mol. The zero-order valence-electron chi connectivity index (χ0n) is 18.7. The van der Waals surface area contributed by atoms with E-state index in [1.165, 1.54) is 36.4 Å². The van der Waals surface area contributed by atoms with Gasteiger partial charge in [0.2, 0.25) is 0 Å². The maximum absolute atomic E-state index is 13.9. The van der Waals surface area contributed by atoms with Gasteiger partial charge in [-0.3, -0.25) is 14.9 Å². The summed E-state index contributed by atoms with van der Waals surface area (Å²) in [6, 6.07) is 15.5. The highest BCUT2D eigenvalue weighted by Crippen LogP contribution is 2.31. The number of imide groups is 2. The molecule has 0 aliphatic carbocycles. The van der Waals surface area contributed by atoms with Crippen molar-refractivity contribution in [2.75, 3.05) is 11.5 Å². The summed E-state index contributed by atoms with van der Waals surface area (Å²) in [5.41, 5.74) is 0.755. The van der Waals surface area contributed by atoms with Crippen molar-refractivity contribution in [2.45, 2.75) is 13.5 Å². The molecule has 3 aromatic rings. The molecule has 1 saturated heterocycles. The van der Waals surface area contributed by atoms with Crippen molar-refractivity contribution in [1.29, 1.82) is 0 Å². The molecule has 178 valence electrons. The number of phenols is 1. The minimum atomic E-state index is -0.894. The summed E-state index contributed by atoms with van der Waals surface area (Å²) >= 11 is 0. The van der Waals surface area contributed by atoms with Crippen LogP contribution in [0.25, 0.3) is 6.08 Å². The van der Waals surface area contributed by atoms with Crippen LogP contribution in [0.2, 0.25) is 0 Å². The van der Waals surface area contributed by atoms with Gasteiger partial charge >= 0.3 is 6.03 Å². The zero-order valence-corrected chi connectivity index (χ0v) is 18.7. The molecule has 0 bridgehead atoms. The van der Waals surface area contributed by atoms with Crippen LogP contribution in [0.15, 0.2) is 72.3 Å². The van der Waals surface area contributed by atoms with Crippen LogP contribution >= 0.6 is 0 Å². The van der Waals surface area contributed by atoms with E-state index in [-0.39, 0.29) is 29.4 Å². The van der Waals surface area contributed by atoms with Crippen LogP contribution in [0.1, 0.15) is 18.1 Å². The molecule has 0 radical (unpaired) electrons. The van der Waals surface area contributed by atoms with Crippen molar-refractivity contribution in [3.8, 4) is 17.2 Å². The van der Waals surface area contributed by atoms with E-state index in [1.807, 2.05) is 0 Å². The van der Waals surface area contributed by atoms with Gasteiger partial charge in [0.15, 0.2) is 11.5 Å². The smallest absolute Gasteiger partial charge is 0.335 e. The number of rotatable bonds is 7. The summed E-state index contributed by atoms with van der Waals surface area (Å²) in [4.78, 5) is 38.6. The number of nitrogens with one attached hydrogen (secondary N) is 1. The highest BCUT2D eigenvalue weighted by Gasteiger charge is 2.36. The molecule has 4 rings (SSSR count). The van der Waals surface area contributed by atoms with Gasteiger partial charge in [0.25, 0.3) is 11.8 Å². The lowest BCUT2D eigenvalue weighted by molar-refractivity contribution is -0.122. The predicted molar refractivity (Wildman–Crippen MR) is 125 cm³/mol. The molecule has 3 aromatic carbocycles. The Balaban J connectivity index is 1.61. The number of urea groups is 1. The summed E-state index contributed by atoms with van der Waals surface area (Å²) in [5, 5.41) is 11.6. The number of phenolic OH excluding ortho intramolecular Hbond substituents is 1. The number of carbonyl (C=O) groups is 3. The number of barbiturate groups is 1. The first kappa shape index (κ1) is 23.5. The van der Waals surface area contributed by atoms with Crippen LogP contribution < -0.4 is 19.7 Å². The van der Waals surface area contributed by atoms with Crippen LogP contribution in [0.5, 0.6) is 17.2 Å². The first-order valence-electron chi connectivity index (χ1n) is 10.7. The Bertz CT molecular complexity index is 1320. The van der Waals surface area contributed by atoms with E-state index < -0.39 is 17.8 Å². The van der Waals surface area contributed by atoms with Gasteiger partial charge in [0.1, 0.15) is 23.7 Å². The summed E-state index contributed by atoms with van der Waals surface area (Å²) in [5.74, 6) is -1.38. The predicted octanol–water partition coefficient (Wildman–Crippen LogP) is 4.18. The molecule has 1 aliphatic rings. The highest BCUT2D eigenvalue weighted by atomic mass is 19.1. The van der Waals surface area contributed by atoms with E-state index in [2.05, 4.69) is 5.32 Å². The molecule has 2 N–H and O–H groups in total. The van der Waals surface area contributed by atoms with Gasteiger partial charge in [-0.1, -0.05) is 24.3 Å². The molecule has 0 unspecified atom stereocenters. The standard InChI is InChI=1S/C26H21FN2O6/c1-2-34-23-14-16(7-12-22(23)35-15-17-5-3-4-6-21(17)27)13-20-24(31)28-26(33)29(25(20)32)18-8-10-19(30)11-9-18/h3-14,30H,2,15H2,1H3,(H,28,31,33)/b20-13-. The van der Waals surface area contributed by atoms with E-state index in [4.69, 9.17) is 9.47 Å². The van der Waals surface area contributed by atoms with Crippen LogP contribution in [0, 0.1) is 5.82 Å². The molecule has 1 fully saturated rings. The van der Waals surface area contributed by atoms with E-state index in [0.717, 1.165) is 4.90 Å². The van der Waals surface area contributed by atoms with Gasteiger partial charge in [-0.2, -0.15) is 0 Å². The Labute approximate surface area is 200 Å². The van der Waals surface area contributed by atoms with Gasteiger partial charge in [0.05, 0.1) is 12.3 Å². The fraction of sp³-hybridized carbons (Fsp3) is 0.115. The molecule has 1 aliphatic heterocycles. The largest absolute Gasteiger partial charge is 0.508 e. The molecular weight excluding hydrogens is 455 g/mol. The average Bonchev–Trinajstić information content (AvgIpc) is 2.83. The number of hydrogen-bond acceptors (Lipinski definition) is 6. The third kappa shape index (κ3) is 5.14. The first-order chi connectivity index (χ1) is 16.9. The molecule has 0 atom stereocenters. The maximum Gasteiger partial charge on any atom is 0.335 e. The number of anilines is 1. The van der Waals surface area contributed by atoms with Gasteiger partial charge in [-0.05, 0) is 61.0 Å². The normalized spacial score (nSPS) is 14.7. The van der Waals surface area contributed by atoms with Gasteiger partial charge in [-0.25, -0.2) is 14.1 Å². The third-order valence-corrected chi connectivity index (χ3v) is 5.13. The fourth-order valence-corrected chi connectivity index (χ4v) is 3.43. The van der Waals surface area contributed by atoms with E-state index in [1.54, 1.807) is 43.3 Å². The van der Waals surface area contributed by atoms with E-state index in [9.17, 15) is 23.9 Å². The monoisotopic (exact) mass is 476 g/mol. The van der Waals surface area contributed by atoms with Gasteiger partial charge in [0, 0.05) is 5.56 Å². The highest BCUT2D eigenvalue weighted by molar-refractivity contribution is 6.39. The van der Waals surface area contributed by atoms with Crippen molar-refractivity contribution in [3.63, 3.8) is 0 Å². The number of amides is 4. The zero-order chi connectivity index (χ0) is 24.9. The van der Waals surface area contributed by atoms with Crippen molar-refractivity contribution >= 4 is 29.6 Å². The second kappa shape index (κ2) is 10.1. The number of aromatic hydroxyl groups is 1. The summed E-state index contributed by atoms with van der Waals surface area (Å²) < 4.78 is 25.3. The SMILES string of the molecule is CCOc1cc(/C=C2/C(=O)NC(=O)N(c3ccc(O)cc3)C2=O)ccc1OCc1ccccc1F. The summed E-state index contributed by atoms with van der Waals surface area (Å²) in [7, 11) is 0. The van der Waals surface area contributed by atoms with Crippen LogP contribution in [-0.2, 0) is 16.2 Å². The van der Waals surface area contributed by atoms with E-state index >= 15 is 0 Å². The second-order valence-corrected chi connectivity index (χ2v) is 7.49. The lowest BCUT2D eigenvalue weighted by Gasteiger charge is -2.26. The molecule has 35 heavy (non-hydrogen) atoms. The van der Waals surface area contributed by atoms with Gasteiger partial charge in [-0.15, -0.1) is 0 Å². The first-order valence-corrected chi connectivity index (χ1v) is 10.7.